The minimum Gasteiger partial charge on any atom is -0.452 e. The molecule has 2 heterocycles. The summed E-state index contributed by atoms with van der Waals surface area (Å²) in [5.74, 6) is 0.300. The molecule has 9 heteroatoms. The van der Waals surface area contributed by atoms with Crippen LogP contribution < -0.4 is 5.66 Å². The van der Waals surface area contributed by atoms with Gasteiger partial charge >= 0.3 is 6.92 Å². The molecule has 1 saturated heterocycles. The smallest absolute Gasteiger partial charge is 0.423 e. The summed E-state index contributed by atoms with van der Waals surface area (Å²) in [5, 5.41) is -0.731. The molecule has 1 fully saturated rings. The van der Waals surface area contributed by atoms with Gasteiger partial charge in [0.25, 0.3) is 6.43 Å². The first kappa shape index (κ1) is 22.5. The SMILES string of the molecule is Cc1nc(C(O[Si](C)(C)C(C)(C)C)C(F)F)c(B2OOC(C)(C)C2(C)C)o1. The van der Waals surface area contributed by atoms with Crippen molar-refractivity contribution >= 4 is 20.9 Å². The summed E-state index contributed by atoms with van der Waals surface area (Å²) in [5.41, 5.74) is -0.255. The fourth-order valence-electron chi connectivity index (χ4n) is 2.65. The van der Waals surface area contributed by atoms with Gasteiger partial charge in [-0.2, -0.15) is 0 Å². The molecule has 5 nitrogen and oxygen atoms in total. The van der Waals surface area contributed by atoms with Gasteiger partial charge in [-0.25, -0.2) is 18.7 Å². The van der Waals surface area contributed by atoms with Crippen molar-refractivity contribution in [1.82, 2.24) is 4.98 Å². The van der Waals surface area contributed by atoms with E-state index in [0.717, 1.165) is 0 Å². The van der Waals surface area contributed by atoms with Gasteiger partial charge in [-0.3, -0.25) is 4.81 Å². The van der Waals surface area contributed by atoms with Crippen molar-refractivity contribution in [3.8, 4) is 0 Å². The Balaban J connectivity index is 2.49. The molecule has 0 aliphatic carbocycles. The second-order valence-corrected chi connectivity index (χ2v) is 14.7. The number of alkyl halides is 2. The molecule has 154 valence electrons. The van der Waals surface area contributed by atoms with Crippen LogP contribution in [0.5, 0.6) is 0 Å². The first-order valence-electron chi connectivity index (χ1n) is 9.29. The largest absolute Gasteiger partial charge is 0.452 e. The van der Waals surface area contributed by atoms with Crippen molar-refractivity contribution in [3.63, 3.8) is 0 Å². The van der Waals surface area contributed by atoms with Crippen LogP contribution in [0.4, 0.5) is 8.78 Å². The molecule has 1 atom stereocenters. The van der Waals surface area contributed by atoms with Crippen LogP contribution in [0.25, 0.3) is 0 Å². The number of halogens is 2. The lowest BCUT2D eigenvalue weighted by Crippen LogP contribution is -2.47. The van der Waals surface area contributed by atoms with Crippen LogP contribution in [0.3, 0.4) is 0 Å². The molecule has 2 rings (SSSR count). The Kier molecular flexibility index (Phi) is 5.78. The van der Waals surface area contributed by atoms with Crippen LogP contribution in [0.15, 0.2) is 4.42 Å². The minimum atomic E-state index is -2.74. The molecule has 1 aromatic rings. The van der Waals surface area contributed by atoms with Gasteiger partial charge in [0.2, 0.25) is 0 Å². The van der Waals surface area contributed by atoms with Crippen LogP contribution in [0, 0.1) is 6.92 Å². The van der Waals surface area contributed by atoms with Gasteiger partial charge in [0.1, 0.15) is 11.4 Å². The Labute approximate surface area is 162 Å². The van der Waals surface area contributed by atoms with E-state index in [-0.39, 0.29) is 16.4 Å². The predicted octanol–water partition coefficient (Wildman–Crippen LogP) is 5.03. The van der Waals surface area contributed by atoms with Crippen LogP contribution >= 0.6 is 0 Å². The molecular formula is C18H32BF2NO4Si. The molecule has 0 N–H and O–H groups in total. The lowest BCUT2D eigenvalue weighted by Gasteiger charge is -2.39. The summed E-state index contributed by atoms with van der Waals surface area (Å²) in [6.45, 7) is 18.6. The third kappa shape index (κ3) is 4.02. The van der Waals surface area contributed by atoms with Crippen LogP contribution in [-0.2, 0) is 14.1 Å². The van der Waals surface area contributed by atoms with Gasteiger partial charge in [0, 0.05) is 12.2 Å². The zero-order valence-electron chi connectivity index (χ0n) is 18.1. The molecule has 0 aromatic carbocycles. The fourth-order valence-corrected chi connectivity index (χ4v) is 3.86. The zero-order chi connectivity index (χ0) is 21.0. The number of hydrogen-bond donors (Lipinski definition) is 0. The molecule has 0 spiro atoms. The average Bonchev–Trinajstić information content (AvgIpc) is 2.93. The van der Waals surface area contributed by atoms with Crippen molar-refractivity contribution in [2.24, 2.45) is 0 Å². The number of oxazole rings is 1. The van der Waals surface area contributed by atoms with Gasteiger partial charge in [-0.15, -0.1) is 0 Å². The number of hydrogen-bond acceptors (Lipinski definition) is 5. The van der Waals surface area contributed by atoms with Gasteiger partial charge in [-0.05, 0) is 32.0 Å². The summed E-state index contributed by atoms with van der Waals surface area (Å²) < 4.78 is 39.9. The summed E-state index contributed by atoms with van der Waals surface area (Å²) in [6, 6.07) is 0. The van der Waals surface area contributed by atoms with E-state index in [9.17, 15) is 8.78 Å². The second-order valence-electron chi connectivity index (χ2n) is 9.91. The Morgan fingerprint density at radius 3 is 2.11 bits per heavy atom. The quantitative estimate of drug-likeness (QED) is 0.510. The second kappa shape index (κ2) is 6.93. The fraction of sp³-hybridized carbons (Fsp3) is 0.833. The molecule has 1 aliphatic heterocycles. The zero-order valence-corrected chi connectivity index (χ0v) is 19.1. The molecule has 27 heavy (non-hydrogen) atoms. The molecule has 1 aromatic heterocycles. The minimum absolute atomic E-state index is 0.103. The molecule has 1 unspecified atom stereocenters. The maximum atomic E-state index is 14.1. The molecule has 0 radical (unpaired) electrons. The molecule has 0 amide bonds. The summed E-state index contributed by atoms with van der Waals surface area (Å²) >= 11 is 0. The monoisotopic (exact) mass is 403 g/mol. The Bertz CT molecular complexity index is 685. The van der Waals surface area contributed by atoms with Gasteiger partial charge in [0.15, 0.2) is 20.3 Å². The number of aryl methyl sites for hydroxylation is 1. The van der Waals surface area contributed by atoms with E-state index in [1.165, 1.54) is 0 Å². The van der Waals surface area contributed by atoms with Crippen molar-refractivity contribution < 1.29 is 27.3 Å². The summed E-state index contributed by atoms with van der Waals surface area (Å²) in [4.78, 5) is 15.3. The highest BCUT2D eigenvalue weighted by molar-refractivity contribution is 6.74. The topological polar surface area (TPSA) is 53.7 Å². The van der Waals surface area contributed by atoms with E-state index in [4.69, 9.17) is 18.5 Å². The number of aromatic nitrogens is 1. The van der Waals surface area contributed by atoms with Crippen molar-refractivity contribution in [2.75, 3.05) is 0 Å². The maximum Gasteiger partial charge on any atom is 0.423 e. The highest BCUT2D eigenvalue weighted by atomic mass is 28.4. The van der Waals surface area contributed by atoms with Crippen molar-refractivity contribution in [2.45, 2.75) is 97.0 Å². The van der Waals surface area contributed by atoms with Crippen molar-refractivity contribution in [3.05, 3.63) is 11.6 Å². The standard InChI is InChI=1S/C18H32BF2NO4Si/c1-11-22-12(13(15(20)21)24-27(9,10)16(2,3)4)14(23-11)19-17(5,6)18(7,8)25-26-19/h13,15H,1-10H3. The third-order valence-electron chi connectivity index (χ3n) is 6.31. The number of nitrogens with zero attached hydrogens (tertiary/aromatic N) is 1. The third-order valence-corrected chi connectivity index (χ3v) is 10.8. The lowest BCUT2D eigenvalue weighted by atomic mass is 9.41. The van der Waals surface area contributed by atoms with Gasteiger partial charge < -0.3 is 8.84 Å². The number of rotatable bonds is 5. The normalized spacial score (nSPS) is 21.1. The van der Waals surface area contributed by atoms with Gasteiger partial charge in [0.05, 0.1) is 5.60 Å². The molecule has 0 bridgehead atoms. The van der Waals surface area contributed by atoms with E-state index in [2.05, 4.69) is 4.98 Å². The van der Waals surface area contributed by atoms with E-state index in [1.807, 2.05) is 61.6 Å². The van der Waals surface area contributed by atoms with Crippen molar-refractivity contribution in [1.29, 1.82) is 0 Å². The Morgan fingerprint density at radius 1 is 1.15 bits per heavy atom. The summed E-state index contributed by atoms with van der Waals surface area (Å²) in [7, 11) is -2.46. The van der Waals surface area contributed by atoms with E-state index in [1.54, 1.807) is 6.92 Å². The van der Waals surface area contributed by atoms with Crippen LogP contribution in [0.2, 0.25) is 23.4 Å². The summed E-state index contributed by atoms with van der Waals surface area (Å²) in [6.07, 6.45) is -4.21. The molecular weight excluding hydrogens is 371 g/mol. The maximum absolute atomic E-state index is 14.1. The average molecular weight is 403 g/mol. The highest BCUT2D eigenvalue weighted by Gasteiger charge is 2.59. The molecule has 1 aliphatic rings. The van der Waals surface area contributed by atoms with Gasteiger partial charge in [-0.1, -0.05) is 34.6 Å². The Morgan fingerprint density at radius 2 is 1.70 bits per heavy atom. The lowest BCUT2D eigenvalue weighted by molar-refractivity contribution is -0.261. The first-order chi connectivity index (χ1) is 12.0. The highest BCUT2D eigenvalue weighted by Crippen LogP contribution is 2.49. The Hall–Kier alpha value is -0.768. The van der Waals surface area contributed by atoms with E-state index < -0.39 is 38.7 Å². The molecule has 0 saturated carbocycles. The van der Waals surface area contributed by atoms with Crippen LogP contribution in [-0.4, -0.2) is 32.2 Å². The van der Waals surface area contributed by atoms with E-state index >= 15 is 0 Å². The first-order valence-corrected chi connectivity index (χ1v) is 12.2. The van der Waals surface area contributed by atoms with E-state index in [0.29, 0.717) is 5.89 Å². The predicted molar refractivity (Wildman–Crippen MR) is 104 cm³/mol. The van der Waals surface area contributed by atoms with Crippen LogP contribution in [0.1, 0.15) is 66.2 Å².